The van der Waals surface area contributed by atoms with E-state index >= 15 is 0 Å². The smallest absolute Gasteiger partial charge is 0.144 e. The van der Waals surface area contributed by atoms with Gasteiger partial charge in [0.15, 0.2) is 0 Å². The predicted molar refractivity (Wildman–Crippen MR) is 97.2 cm³/mol. The predicted octanol–water partition coefficient (Wildman–Crippen LogP) is 3.70. The van der Waals surface area contributed by atoms with Crippen molar-refractivity contribution in [1.29, 1.82) is 5.26 Å². The minimum Gasteiger partial charge on any atom is -0.314 e. The largest absolute Gasteiger partial charge is 0.314 e. The molecule has 1 unspecified atom stereocenters. The van der Waals surface area contributed by atoms with Crippen molar-refractivity contribution in [2.24, 2.45) is 0 Å². The first-order valence-corrected chi connectivity index (χ1v) is 9.64. The zero-order valence-electron chi connectivity index (χ0n) is 13.1. The molecule has 1 heterocycles. The van der Waals surface area contributed by atoms with Crippen molar-refractivity contribution >= 4 is 17.8 Å². The second-order valence-corrected chi connectivity index (χ2v) is 8.41. The maximum atomic E-state index is 14.0. The Hall–Kier alpha value is -2.69. The van der Waals surface area contributed by atoms with Gasteiger partial charge in [-0.1, -0.05) is 66.7 Å². The zero-order chi connectivity index (χ0) is 16.8. The molecule has 0 aliphatic rings. The average molecular weight is 332 g/mol. The van der Waals surface area contributed by atoms with Gasteiger partial charge in [0, 0.05) is 23.0 Å². The van der Waals surface area contributed by atoms with Gasteiger partial charge in [-0.25, -0.2) is 0 Å². The molecule has 0 bridgehead atoms. The van der Waals surface area contributed by atoms with E-state index in [2.05, 4.69) is 11.1 Å². The lowest BCUT2D eigenvalue weighted by molar-refractivity contribution is 0.585. The van der Waals surface area contributed by atoms with Crippen molar-refractivity contribution in [2.75, 3.05) is 6.16 Å². The van der Waals surface area contributed by atoms with Crippen LogP contribution in [-0.4, -0.2) is 11.1 Å². The number of aromatic nitrogens is 1. The third-order valence-corrected chi connectivity index (χ3v) is 7.13. The Labute approximate surface area is 142 Å². The van der Waals surface area contributed by atoms with E-state index in [1.807, 2.05) is 78.9 Å². The Balaban J connectivity index is 2.07. The van der Waals surface area contributed by atoms with Crippen LogP contribution in [0, 0.1) is 11.3 Å². The summed E-state index contributed by atoms with van der Waals surface area (Å²) in [6.45, 7) is 0. The Bertz CT molecular complexity index is 830. The van der Waals surface area contributed by atoms with Gasteiger partial charge in [-0.3, -0.25) is 4.98 Å². The molecule has 0 spiro atoms. The van der Waals surface area contributed by atoms with Gasteiger partial charge in [0.2, 0.25) is 0 Å². The molecular formula is C20H17N2OP. The first-order valence-electron chi connectivity index (χ1n) is 7.75. The molecule has 0 fully saturated rings. The topological polar surface area (TPSA) is 53.8 Å². The molecule has 0 aliphatic carbocycles. The third kappa shape index (κ3) is 3.30. The molecule has 1 aromatic heterocycles. The van der Waals surface area contributed by atoms with E-state index in [0.717, 1.165) is 10.6 Å². The quantitative estimate of drug-likeness (QED) is 0.669. The molecule has 0 aliphatic heterocycles. The van der Waals surface area contributed by atoms with Crippen LogP contribution in [0.5, 0.6) is 0 Å². The van der Waals surface area contributed by atoms with Gasteiger partial charge in [0.25, 0.3) is 0 Å². The number of nitriles is 1. The molecule has 3 rings (SSSR count). The number of hydrogen-bond donors (Lipinski definition) is 0. The maximum Gasteiger partial charge on any atom is 0.144 e. The normalized spacial score (nSPS) is 12.3. The Morgan fingerprint density at radius 1 is 0.875 bits per heavy atom. The Morgan fingerprint density at radius 3 is 1.88 bits per heavy atom. The monoisotopic (exact) mass is 332 g/mol. The second kappa shape index (κ2) is 7.25. The molecule has 0 saturated carbocycles. The Kier molecular flexibility index (Phi) is 4.89. The van der Waals surface area contributed by atoms with Crippen molar-refractivity contribution in [1.82, 2.24) is 4.98 Å². The number of nitrogens with zero attached hydrogens (tertiary/aromatic N) is 2. The fourth-order valence-corrected chi connectivity index (χ4v) is 5.55. The lowest BCUT2D eigenvalue weighted by Crippen LogP contribution is -2.21. The molecule has 0 saturated heterocycles. The molecular weight excluding hydrogens is 315 g/mol. The molecule has 1 atom stereocenters. The molecule has 2 aromatic carbocycles. The van der Waals surface area contributed by atoms with Crippen LogP contribution in [0.2, 0.25) is 0 Å². The van der Waals surface area contributed by atoms with Gasteiger partial charge in [-0.2, -0.15) is 5.26 Å². The summed E-state index contributed by atoms with van der Waals surface area (Å²) < 4.78 is 14.0. The van der Waals surface area contributed by atoms with Crippen molar-refractivity contribution in [2.45, 2.75) is 5.92 Å². The number of hydrogen-bond acceptors (Lipinski definition) is 3. The van der Waals surface area contributed by atoms with Gasteiger partial charge in [0.05, 0.1) is 17.7 Å². The van der Waals surface area contributed by atoms with Crippen molar-refractivity contribution in [3.63, 3.8) is 0 Å². The lowest BCUT2D eigenvalue weighted by Gasteiger charge is -2.21. The van der Waals surface area contributed by atoms with Crippen LogP contribution in [0.1, 0.15) is 11.6 Å². The summed E-state index contributed by atoms with van der Waals surface area (Å²) in [5.74, 6) is -0.516. The summed E-state index contributed by atoms with van der Waals surface area (Å²) in [5, 5.41) is 11.2. The fraction of sp³-hybridized carbons (Fsp3) is 0.100. The van der Waals surface area contributed by atoms with Gasteiger partial charge in [-0.05, 0) is 12.1 Å². The van der Waals surface area contributed by atoms with E-state index < -0.39 is 13.1 Å². The van der Waals surface area contributed by atoms with Crippen LogP contribution in [0.3, 0.4) is 0 Å². The summed E-state index contributed by atoms with van der Waals surface area (Å²) in [6, 6.07) is 26.6. The number of pyridine rings is 1. The van der Waals surface area contributed by atoms with E-state index in [-0.39, 0.29) is 6.16 Å². The van der Waals surface area contributed by atoms with E-state index in [9.17, 15) is 9.83 Å². The van der Waals surface area contributed by atoms with Crippen LogP contribution < -0.4 is 10.6 Å². The molecule has 0 amide bonds. The first kappa shape index (κ1) is 16.2. The highest BCUT2D eigenvalue weighted by atomic mass is 31.2. The van der Waals surface area contributed by atoms with Crippen molar-refractivity contribution in [3.8, 4) is 6.07 Å². The molecule has 3 aromatic rings. The first-order chi connectivity index (χ1) is 11.7. The van der Waals surface area contributed by atoms with Crippen molar-refractivity contribution < 1.29 is 4.57 Å². The van der Waals surface area contributed by atoms with Gasteiger partial charge in [-0.15, -0.1) is 0 Å². The summed E-state index contributed by atoms with van der Waals surface area (Å²) in [5.41, 5.74) is 0.659. The highest BCUT2D eigenvalue weighted by Gasteiger charge is 2.31. The van der Waals surface area contributed by atoms with Gasteiger partial charge < -0.3 is 4.57 Å². The van der Waals surface area contributed by atoms with Gasteiger partial charge >= 0.3 is 0 Å². The lowest BCUT2D eigenvalue weighted by atomic mass is 10.1. The molecule has 4 heteroatoms. The van der Waals surface area contributed by atoms with E-state index in [1.54, 1.807) is 6.20 Å². The van der Waals surface area contributed by atoms with Crippen LogP contribution in [0.4, 0.5) is 0 Å². The zero-order valence-corrected chi connectivity index (χ0v) is 14.0. The maximum absolute atomic E-state index is 14.0. The second-order valence-electron chi connectivity index (χ2n) is 5.53. The van der Waals surface area contributed by atoms with Gasteiger partial charge in [0.1, 0.15) is 7.14 Å². The SMILES string of the molecule is N#CC(CP(=O)(c1ccccc1)c1ccccc1)c1ccccn1. The molecule has 24 heavy (non-hydrogen) atoms. The standard InChI is InChI=1S/C20H17N2OP/c21-15-17(20-13-7-8-14-22-20)16-24(23,18-9-3-1-4-10-18)19-11-5-2-6-12-19/h1-14,17H,16H2. The summed E-state index contributed by atoms with van der Waals surface area (Å²) in [6.07, 6.45) is 1.91. The summed E-state index contributed by atoms with van der Waals surface area (Å²) in [7, 11) is -2.92. The fourth-order valence-electron chi connectivity index (χ4n) is 2.74. The summed E-state index contributed by atoms with van der Waals surface area (Å²) >= 11 is 0. The van der Waals surface area contributed by atoms with Crippen LogP contribution in [-0.2, 0) is 4.57 Å². The van der Waals surface area contributed by atoms with Crippen LogP contribution >= 0.6 is 7.14 Å². The summed E-state index contributed by atoms with van der Waals surface area (Å²) in [4.78, 5) is 4.28. The van der Waals surface area contributed by atoms with Crippen LogP contribution in [0.25, 0.3) is 0 Å². The van der Waals surface area contributed by atoms with Crippen LogP contribution in [0.15, 0.2) is 85.1 Å². The highest BCUT2D eigenvalue weighted by molar-refractivity contribution is 7.78. The van der Waals surface area contributed by atoms with E-state index in [0.29, 0.717) is 5.69 Å². The van der Waals surface area contributed by atoms with Crippen molar-refractivity contribution in [3.05, 3.63) is 90.8 Å². The number of benzene rings is 2. The average Bonchev–Trinajstić information content (AvgIpc) is 2.68. The minimum absolute atomic E-state index is 0.245. The third-order valence-electron chi connectivity index (χ3n) is 3.99. The molecule has 0 N–H and O–H groups in total. The van der Waals surface area contributed by atoms with E-state index in [1.165, 1.54) is 0 Å². The number of rotatable bonds is 5. The Morgan fingerprint density at radius 2 is 1.42 bits per heavy atom. The highest BCUT2D eigenvalue weighted by Crippen LogP contribution is 2.46. The van der Waals surface area contributed by atoms with E-state index in [4.69, 9.17) is 0 Å². The molecule has 118 valence electrons. The molecule has 3 nitrogen and oxygen atoms in total. The minimum atomic E-state index is -2.92. The molecule has 0 radical (unpaired) electrons.